The number of H-pyrrole nitrogens is 1. The summed E-state index contributed by atoms with van der Waals surface area (Å²) in [5.74, 6) is 0.195. The topological polar surface area (TPSA) is 84.1 Å². The minimum absolute atomic E-state index is 0.164. The lowest BCUT2D eigenvalue weighted by atomic mass is 10.2. The molecule has 6 heteroatoms. The van der Waals surface area contributed by atoms with E-state index in [1.807, 2.05) is 30.3 Å². The number of carbonyl (C=O) groups excluding carboxylic acids is 1. The Morgan fingerprint density at radius 3 is 2.78 bits per heavy atom. The van der Waals surface area contributed by atoms with Crippen molar-refractivity contribution >= 4 is 11.9 Å². The number of nitrogens with one attached hydrogen (secondary N) is 2. The third-order valence-corrected chi connectivity index (χ3v) is 2.10. The van der Waals surface area contributed by atoms with Gasteiger partial charge in [0, 0.05) is 0 Å². The zero-order valence-electron chi connectivity index (χ0n) is 9.42. The second kappa shape index (κ2) is 5.62. The Morgan fingerprint density at radius 1 is 1.28 bits per heavy atom. The van der Waals surface area contributed by atoms with Gasteiger partial charge in [0.05, 0.1) is 12.4 Å². The van der Waals surface area contributed by atoms with Crippen molar-refractivity contribution in [3.8, 4) is 0 Å². The molecule has 1 amide bonds. The van der Waals surface area contributed by atoms with Gasteiger partial charge in [-0.2, -0.15) is 0 Å². The van der Waals surface area contributed by atoms with E-state index in [1.54, 1.807) is 0 Å². The van der Waals surface area contributed by atoms with Crippen molar-refractivity contribution in [2.75, 3.05) is 5.32 Å². The maximum Gasteiger partial charge on any atom is 0.413 e. The molecule has 0 saturated carbocycles. The fourth-order valence-electron chi connectivity index (χ4n) is 1.31. The monoisotopic (exact) mass is 245 g/mol. The Bertz CT molecular complexity index is 580. The molecule has 18 heavy (non-hydrogen) atoms. The molecule has 2 N–H and O–H groups in total. The first-order chi connectivity index (χ1) is 8.74. The van der Waals surface area contributed by atoms with Crippen LogP contribution in [0.5, 0.6) is 0 Å². The predicted molar refractivity (Wildman–Crippen MR) is 65.1 cm³/mol. The standard InChI is InChI=1S/C12H11N3O3/c16-11-7-13-6-10(14-11)15-12(17)18-8-9-4-2-1-3-5-9/h1-7H,8H2,(H2,14,15,16,17). The molecule has 0 aliphatic rings. The molecule has 0 fully saturated rings. The number of hydrogen-bond acceptors (Lipinski definition) is 4. The lowest BCUT2D eigenvalue weighted by Gasteiger charge is -2.06. The summed E-state index contributed by atoms with van der Waals surface area (Å²) in [5.41, 5.74) is 0.489. The molecule has 0 aliphatic heterocycles. The van der Waals surface area contributed by atoms with E-state index >= 15 is 0 Å². The van der Waals surface area contributed by atoms with E-state index in [1.165, 1.54) is 6.20 Å². The van der Waals surface area contributed by atoms with Crippen LogP contribution in [0.2, 0.25) is 0 Å². The van der Waals surface area contributed by atoms with Gasteiger partial charge in [0.2, 0.25) is 0 Å². The number of hydrogen-bond donors (Lipinski definition) is 2. The first-order valence-corrected chi connectivity index (χ1v) is 5.26. The normalized spacial score (nSPS) is 9.78. The molecule has 1 aromatic heterocycles. The fraction of sp³-hybridized carbons (Fsp3) is 0.0833. The largest absolute Gasteiger partial charge is 0.444 e. The van der Waals surface area contributed by atoms with Gasteiger partial charge in [-0.3, -0.25) is 15.1 Å². The van der Waals surface area contributed by atoms with Crippen molar-refractivity contribution in [2.24, 2.45) is 0 Å². The van der Waals surface area contributed by atoms with E-state index in [2.05, 4.69) is 15.3 Å². The third kappa shape index (κ3) is 3.44. The molecule has 92 valence electrons. The predicted octanol–water partition coefficient (Wildman–Crippen LogP) is 1.52. The van der Waals surface area contributed by atoms with Gasteiger partial charge in [-0.25, -0.2) is 4.79 Å². The Hall–Kier alpha value is -2.63. The van der Waals surface area contributed by atoms with Crippen LogP contribution in [0.1, 0.15) is 5.56 Å². The van der Waals surface area contributed by atoms with Gasteiger partial charge >= 0.3 is 6.09 Å². The number of carbonyl (C=O) groups is 1. The van der Waals surface area contributed by atoms with Crippen molar-refractivity contribution in [1.82, 2.24) is 9.97 Å². The van der Waals surface area contributed by atoms with Gasteiger partial charge in [-0.1, -0.05) is 30.3 Å². The zero-order chi connectivity index (χ0) is 12.8. The highest BCUT2D eigenvalue weighted by Gasteiger charge is 2.04. The number of nitrogens with zero attached hydrogens (tertiary/aromatic N) is 1. The van der Waals surface area contributed by atoms with Crippen LogP contribution in [0.4, 0.5) is 10.6 Å². The number of anilines is 1. The summed E-state index contributed by atoms with van der Waals surface area (Å²) in [6, 6.07) is 9.28. The van der Waals surface area contributed by atoms with Crippen LogP contribution in [0.25, 0.3) is 0 Å². The van der Waals surface area contributed by atoms with Crippen molar-refractivity contribution in [2.45, 2.75) is 6.61 Å². The number of ether oxygens (including phenoxy) is 1. The molecular weight excluding hydrogens is 234 g/mol. The van der Waals surface area contributed by atoms with E-state index in [-0.39, 0.29) is 12.4 Å². The van der Waals surface area contributed by atoms with E-state index in [4.69, 9.17) is 4.74 Å². The summed E-state index contributed by atoms with van der Waals surface area (Å²) in [7, 11) is 0. The minimum atomic E-state index is -0.650. The minimum Gasteiger partial charge on any atom is -0.444 e. The van der Waals surface area contributed by atoms with Gasteiger partial charge in [0.1, 0.15) is 12.4 Å². The van der Waals surface area contributed by atoms with E-state index in [9.17, 15) is 9.59 Å². The fourth-order valence-corrected chi connectivity index (χ4v) is 1.31. The van der Waals surface area contributed by atoms with Crippen LogP contribution < -0.4 is 10.9 Å². The molecule has 1 aromatic carbocycles. The number of rotatable bonds is 3. The second-order valence-corrected chi connectivity index (χ2v) is 3.50. The molecule has 2 rings (SSSR count). The summed E-state index contributed by atoms with van der Waals surface area (Å²) in [6.07, 6.45) is 1.79. The van der Waals surface area contributed by atoms with Gasteiger partial charge in [0.25, 0.3) is 5.56 Å². The summed E-state index contributed by atoms with van der Waals surface area (Å²) < 4.78 is 4.97. The van der Waals surface area contributed by atoms with Gasteiger partial charge in [0.15, 0.2) is 0 Å². The van der Waals surface area contributed by atoms with Gasteiger partial charge in [-0.15, -0.1) is 0 Å². The average Bonchev–Trinajstić information content (AvgIpc) is 2.38. The SMILES string of the molecule is O=C(Nc1cncc(=O)[nH]1)OCc1ccccc1. The summed E-state index contributed by atoms with van der Waals surface area (Å²) >= 11 is 0. The van der Waals surface area contributed by atoms with Crippen LogP contribution in [0.3, 0.4) is 0 Å². The molecule has 0 saturated heterocycles. The summed E-state index contributed by atoms with van der Waals surface area (Å²) in [5, 5.41) is 2.37. The van der Waals surface area contributed by atoms with Crippen molar-refractivity contribution in [1.29, 1.82) is 0 Å². The van der Waals surface area contributed by atoms with Crippen LogP contribution in [0, 0.1) is 0 Å². The van der Waals surface area contributed by atoms with Crippen molar-refractivity contribution in [3.05, 3.63) is 58.6 Å². The molecule has 6 nitrogen and oxygen atoms in total. The van der Waals surface area contributed by atoms with Gasteiger partial charge < -0.3 is 9.72 Å². The number of amides is 1. The molecule has 2 aromatic rings. The van der Waals surface area contributed by atoms with Crippen molar-refractivity contribution in [3.63, 3.8) is 0 Å². The highest BCUT2D eigenvalue weighted by molar-refractivity contribution is 5.82. The summed E-state index contributed by atoms with van der Waals surface area (Å²) in [4.78, 5) is 28.4. The number of aromatic amines is 1. The average molecular weight is 245 g/mol. The Kier molecular flexibility index (Phi) is 3.70. The molecule has 0 radical (unpaired) electrons. The second-order valence-electron chi connectivity index (χ2n) is 3.50. The maximum atomic E-state index is 11.4. The van der Waals surface area contributed by atoms with Crippen LogP contribution in [-0.4, -0.2) is 16.1 Å². The molecule has 0 unspecified atom stereocenters. The first-order valence-electron chi connectivity index (χ1n) is 5.26. The zero-order valence-corrected chi connectivity index (χ0v) is 9.42. The first kappa shape index (κ1) is 11.8. The Morgan fingerprint density at radius 2 is 2.06 bits per heavy atom. The molecule has 0 aliphatic carbocycles. The molecule has 1 heterocycles. The molecular formula is C12H11N3O3. The maximum absolute atomic E-state index is 11.4. The quantitative estimate of drug-likeness (QED) is 0.858. The van der Waals surface area contributed by atoms with E-state index < -0.39 is 11.7 Å². The van der Waals surface area contributed by atoms with Crippen LogP contribution in [-0.2, 0) is 11.3 Å². The number of benzene rings is 1. The number of aromatic nitrogens is 2. The lowest BCUT2D eigenvalue weighted by molar-refractivity contribution is 0.155. The third-order valence-electron chi connectivity index (χ3n) is 2.10. The van der Waals surface area contributed by atoms with Crippen LogP contribution in [0.15, 0.2) is 47.5 Å². The molecule has 0 bridgehead atoms. The highest BCUT2D eigenvalue weighted by Crippen LogP contribution is 2.02. The molecule has 0 atom stereocenters. The van der Waals surface area contributed by atoms with Crippen molar-refractivity contribution < 1.29 is 9.53 Å². The summed E-state index contributed by atoms with van der Waals surface area (Å²) in [6.45, 7) is 0.164. The highest BCUT2D eigenvalue weighted by atomic mass is 16.5. The van der Waals surface area contributed by atoms with E-state index in [0.29, 0.717) is 0 Å². The van der Waals surface area contributed by atoms with E-state index in [0.717, 1.165) is 11.8 Å². The Balaban J connectivity index is 1.88. The van der Waals surface area contributed by atoms with Gasteiger partial charge in [-0.05, 0) is 5.56 Å². The Labute approximate surface area is 103 Å². The lowest BCUT2D eigenvalue weighted by Crippen LogP contribution is -2.17. The van der Waals surface area contributed by atoms with Crippen LogP contribution >= 0.6 is 0 Å². The smallest absolute Gasteiger partial charge is 0.413 e. The molecule has 0 spiro atoms.